The van der Waals surface area contributed by atoms with Gasteiger partial charge in [0.2, 0.25) is 0 Å². The van der Waals surface area contributed by atoms with Gasteiger partial charge in [-0.1, -0.05) is 12.2 Å². The molecule has 2 saturated heterocycles. The number of benzene rings is 2. The van der Waals surface area contributed by atoms with Crippen LogP contribution in [0.4, 0.5) is 11.4 Å². The third-order valence-electron chi connectivity index (χ3n) is 9.02. The number of rotatable bonds is 10. The summed E-state index contributed by atoms with van der Waals surface area (Å²) in [4.78, 5) is 39.9. The van der Waals surface area contributed by atoms with Crippen molar-refractivity contribution < 1.29 is 28.5 Å². The number of fused-ring (bicyclic) bond motifs is 4. The zero-order valence-corrected chi connectivity index (χ0v) is 26.3. The molecular formula is C35H40N4O6. The molecule has 0 aromatic heterocycles. The van der Waals surface area contributed by atoms with Crippen molar-refractivity contribution in [2.75, 3.05) is 40.5 Å². The molecule has 0 bridgehead atoms. The largest absolute Gasteiger partial charge is 0.497 e. The summed E-state index contributed by atoms with van der Waals surface area (Å²) in [5.74, 6) is 1.13. The summed E-state index contributed by atoms with van der Waals surface area (Å²) in [6, 6.07) is 10.3. The molecule has 10 nitrogen and oxygen atoms in total. The minimum Gasteiger partial charge on any atom is -0.497 e. The number of unbranched alkanes of at least 4 members (excludes halogenated alkanes) is 2. The summed E-state index contributed by atoms with van der Waals surface area (Å²) in [6.07, 6.45) is 9.95. The zero-order chi connectivity index (χ0) is 31.5. The number of hydrogen-bond donors (Lipinski definition) is 0. The second kappa shape index (κ2) is 13.4. The van der Waals surface area contributed by atoms with E-state index in [9.17, 15) is 9.59 Å². The monoisotopic (exact) mass is 612 g/mol. The van der Waals surface area contributed by atoms with Crippen molar-refractivity contribution >= 4 is 35.6 Å². The molecule has 10 heteroatoms. The lowest BCUT2D eigenvalue weighted by molar-refractivity contribution is 0.0438. The highest BCUT2D eigenvalue weighted by Crippen LogP contribution is 2.36. The van der Waals surface area contributed by atoms with E-state index in [0.29, 0.717) is 60.3 Å². The van der Waals surface area contributed by atoms with Gasteiger partial charge in [-0.25, -0.2) is 0 Å². The van der Waals surface area contributed by atoms with E-state index >= 15 is 0 Å². The Balaban J connectivity index is 1.00. The van der Waals surface area contributed by atoms with Gasteiger partial charge in [0, 0.05) is 38.7 Å². The number of hydrogen-bond acceptors (Lipinski definition) is 8. The Morgan fingerprint density at radius 1 is 0.711 bits per heavy atom. The molecule has 2 fully saturated rings. The van der Waals surface area contributed by atoms with E-state index in [1.807, 2.05) is 72.5 Å². The fraction of sp³-hybridized carbons (Fsp3) is 0.429. The normalized spacial score (nSPS) is 25.2. The van der Waals surface area contributed by atoms with Gasteiger partial charge in [-0.15, -0.1) is 0 Å². The first-order valence-electron chi connectivity index (χ1n) is 15.6. The number of carbonyl (C=O) groups excluding carboxylic acids is 2. The maximum atomic E-state index is 13.5. The Labute approximate surface area is 264 Å². The van der Waals surface area contributed by atoms with E-state index < -0.39 is 0 Å². The molecule has 236 valence electrons. The number of methoxy groups -OCH3 is 2. The van der Waals surface area contributed by atoms with Crippen LogP contribution in [-0.2, 0) is 9.47 Å². The molecule has 2 unspecified atom stereocenters. The van der Waals surface area contributed by atoms with Crippen molar-refractivity contribution in [3.8, 4) is 11.5 Å². The molecule has 0 spiro atoms. The molecular weight excluding hydrogens is 572 g/mol. The van der Waals surface area contributed by atoms with Gasteiger partial charge in [0.25, 0.3) is 11.8 Å². The van der Waals surface area contributed by atoms with E-state index in [2.05, 4.69) is 9.98 Å². The zero-order valence-electron chi connectivity index (χ0n) is 26.3. The Hall–Kier alpha value is -4.28. The van der Waals surface area contributed by atoms with E-state index in [1.54, 1.807) is 26.4 Å². The van der Waals surface area contributed by atoms with Gasteiger partial charge in [-0.2, -0.15) is 0 Å². The first-order valence-corrected chi connectivity index (χ1v) is 15.6. The summed E-state index contributed by atoms with van der Waals surface area (Å²) in [7, 11) is 3.18. The highest BCUT2D eigenvalue weighted by Gasteiger charge is 2.43. The average molecular weight is 613 g/mol. The second-order valence-electron chi connectivity index (χ2n) is 11.5. The summed E-state index contributed by atoms with van der Waals surface area (Å²) in [5.41, 5.74) is 4.54. The topological polar surface area (TPSA) is 102 Å². The Bertz CT molecular complexity index is 1460. The van der Waals surface area contributed by atoms with Crippen molar-refractivity contribution in [2.24, 2.45) is 9.98 Å². The van der Waals surface area contributed by atoms with Crippen molar-refractivity contribution in [3.05, 3.63) is 70.8 Å². The van der Waals surface area contributed by atoms with Crippen LogP contribution in [0.5, 0.6) is 11.5 Å². The predicted molar refractivity (Wildman–Crippen MR) is 173 cm³/mol. The predicted octanol–water partition coefficient (Wildman–Crippen LogP) is 5.32. The highest BCUT2D eigenvalue weighted by atomic mass is 16.5. The molecule has 4 aliphatic heterocycles. The summed E-state index contributed by atoms with van der Waals surface area (Å²) < 4.78 is 23.4. The molecule has 4 atom stereocenters. The van der Waals surface area contributed by atoms with E-state index in [4.69, 9.17) is 18.9 Å². The van der Waals surface area contributed by atoms with Crippen LogP contribution in [0.3, 0.4) is 0 Å². The number of ether oxygens (including phenoxy) is 4. The van der Waals surface area contributed by atoms with Crippen molar-refractivity contribution in [1.29, 1.82) is 0 Å². The third kappa shape index (κ3) is 5.92. The van der Waals surface area contributed by atoms with Gasteiger partial charge in [0.15, 0.2) is 0 Å². The minimum absolute atomic E-state index is 0.0657. The number of amides is 2. The average Bonchev–Trinajstić information content (AvgIpc) is 3.53. The molecule has 4 aliphatic rings. The van der Waals surface area contributed by atoms with E-state index in [0.717, 1.165) is 30.4 Å². The van der Waals surface area contributed by atoms with Gasteiger partial charge < -0.3 is 28.7 Å². The summed E-state index contributed by atoms with van der Waals surface area (Å²) >= 11 is 0. The molecule has 2 aromatic rings. The number of allylic oxidation sites excluding steroid dienone is 2. The van der Waals surface area contributed by atoms with Gasteiger partial charge in [-0.05, 0) is 80.7 Å². The van der Waals surface area contributed by atoms with Crippen molar-refractivity contribution in [1.82, 2.24) is 9.80 Å². The van der Waals surface area contributed by atoms with Gasteiger partial charge in [-0.3, -0.25) is 19.6 Å². The smallest absolute Gasteiger partial charge is 0.257 e. The quantitative estimate of drug-likeness (QED) is 0.266. The molecule has 2 aromatic carbocycles. The van der Waals surface area contributed by atoms with Crippen LogP contribution in [0.25, 0.3) is 0 Å². The first kappa shape index (κ1) is 30.7. The van der Waals surface area contributed by atoms with Gasteiger partial charge in [0.1, 0.15) is 23.7 Å². The number of aliphatic imine (C=N–C) groups is 2. The number of carbonyl (C=O) groups is 2. The van der Waals surface area contributed by atoms with Crippen molar-refractivity contribution in [2.45, 2.75) is 57.4 Å². The van der Waals surface area contributed by atoms with Crippen LogP contribution in [0, 0.1) is 0 Å². The number of nitrogens with zero attached hydrogens (tertiary/aromatic N) is 4. The van der Waals surface area contributed by atoms with Crippen LogP contribution in [0.15, 0.2) is 69.7 Å². The molecule has 4 heterocycles. The van der Waals surface area contributed by atoms with Gasteiger partial charge >= 0.3 is 0 Å². The van der Waals surface area contributed by atoms with Crippen LogP contribution in [0.2, 0.25) is 0 Å². The standard InChI is InChI=1S/C35H40N4O6/c1-5-22-20-38-30(18-36-28-12-10-24(42-3)16-26(28)34(38)40)32(22)44-14-8-7-9-15-45-33-23(6-2)21-39-31(33)19-37-29-13-11-25(43-4)17-27(29)35(39)41/h5-6,10-13,16-19,30-33H,7-9,14-15,20-21H2,1-4H3/b22-5-,23-6-/t30-,31-,32?,33?/m0/s1. The Morgan fingerprint density at radius 2 is 1.16 bits per heavy atom. The molecule has 45 heavy (non-hydrogen) atoms. The van der Waals surface area contributed by atoms with Crippen molar-refractivity contribution in [3.63, 3.8) is 0 Å². The van der Waals surface area contributed by atoms with Crippen LogP contribution in [0.1, 0.15) is 53.8 Å². The Kier molecular flexibility index (Phi) is 9.14. The first-order chi connectivity index (χ1) is 22.0. The van der Waals surface area contributed by atoms with Crippen LogP contribution < -0.4 is 9.47 Å². The third-order valence-corrected chi connectivity index (χ3v) is 9.02. The minimum atomic E-state index is -0.258. The molecule has 6 rings (SSSR count). The Morgan fingerprint density at radius 3 is 1.56 bits per heavy atom. The molecule has 2 amide bonds. The fourth-order valence-corrected chi connectivity index (χ4v) is 6.48. The summed E-state index contributed by atoms with van der Waals surface area (Å²) in [6.45, 7) is 6.13. The molecule has 0 radical (unpaired) electrons. The van der Waals surface area contributed by atoms with Gasteiger partial charge in [0.05, 0.1) is 48.8 Å². The molecule has 0 N–H and O–H groups in total. The second-order valence-corrected chi connectivity index (χ2v) is 11.5. The fourth-order valence-electron chi connectivity index (χ4n) is 6.48. The lowest BCUT2D eigenvalue weighted by Gasteiger charge is -2.24. The maximum absolute atomic E-state index is 13.5. The maximum Gasteiger partial charge on any atom is 0.257 e. The summed E-state index contributed by atoms with van der Waals surface area (Å²) in [5, 5.41) is 0. The molecule has 0 saturated carbocycles. The highest BCUT2D eigenvalue weighted by molar-refractivity contribution is 6.04. The SMILES string of the molecule is C/C=C1/CN2C(=O)c3cc(OC)ccc3N=C[C@H]2C1OCCCCCOC1/C(=C\C)CN2C(=O)c3cc(OC)ccc3N=C[C@@H]12. The lowest BCUT2D eigenvalue weighted by atomic mass is 10.1. The van der Waals surface area contributed by atoms with E-state index in [1.165, 1.54) is 0 Å². The van der Waals surface area contributed by atoms with Crippen LogP contribution >= 0.6 is 0 Å². The lowest BCUT2D eigenvalue weighted by Crippen LogP contribution is -2.41. The van der Waals surface area contributed by atoms with Crippen LogP contribution in [-0.4, -0.2) is 98.9 Å². The van der Waals surface area contributed by atoms with E-state index in [-0.39, 0.29) is 36.1 Å². The molecule has 0 aliphatic carbocycles.